The third-order valence-corrected chi connectivity index (χ3v) is 6.04. The minimum atomic E-state index is 0.219. The number of amides is 1. The van der Waals surface area contributed by atoms with E-state index in [2.05, 4.69) is 36.5 Å². The highest BCUT2D eigenvalue weighted by Gasteiger charge is 2.48. The van der Waals surface area contributed by atoms with Crippen LogP contribution in [0.4, 0.5) is 0 Å². The Morgan fingerprint density at radius 1 is 1.00 bits per heavy atom. The van der Waals surface area contributed by atoms with Crippen molar-refractivity contribution in [3.63, 3.8) is 0 Å². The number of hydrogen-bond donors (Lipinski definition) is 1. The van der Waals surface area contributed by atoms with E-state index >= 15 is 0 Å². The van der Waals surface area contributed by atoms with Crippen LogP contribution in [0.2, 0.25) is 0 Å². The molecule has 2 nitrogen and oxygen atoms in total. The quantitative estimate of drug-likeness (QED) is 0.904. The molecule has 5 rings (SSSR count). The average molecular weight is 283 g/mol. The van der Waals surface area contributed by atoms with Crippen molar-refractivity contribution in [2.24, 2.45) is 23.7 Å². The number of rotatable bonds is 3. The van der Waals surface area contributed by atoms with E-state index in [4.69, 9.17) is 0 Å². The van der Waals surface area contributed by atoms with Crippen molar-refractivity contribution >= 4 is 5.91 Å². The van der Waals surface area contributed by atoms with Crippen molar-refractivity contribution in [3.05, 3.63) is 35.4 Å². The molecule has 0 aliphatic heterocycles. The van der Waals surface area contributed by atoms with Gasteiger partial charge in [0.2, 0.25) is 5.91 Å². The Hall–Kier alpha value is -1.31. The molecule has 2 heteroatoms. The van der Waals surface area contributed by atoms with Crippen LogP contribution in [0.1, 0.15) is 43.2 Å². The Morgan fingerprint density at radius 2 is 1.57 bits per heavy atom. The predicted molar refractivity (Wildman–Crippen MR) is 83.9 cm³/mol. The molecule has 0 spiro atoms. The van der Waals surface area contributed by atoms with Crippen molar-refractivity contribution in [1.29, 1.82) is 0 Å². The van der Waals surface area contributed by atoms with Crippen molar-refractivity contribution in [3.8, 4) is 0 Å². The van der Waals surface area contributed by atoms with E-state index in [0.717, 1.165) is 29.2 Å². The van der Waals surface area contributed by atoms with Crippen LogP contribution in [0, 0.1) is 30.6 Å². The maximum absolute atomic E-state index is 12.4. The van der Waals surface area contributed by atoms with Crippen molar-refractivity contribution < 1.29 is 4.79 Å². The first kappa shape index (κ1) is 13.4. The molecule has 21 heavy (non-hydrogen) atoms. The Labute approximate surface area is 127 Å². The van der Waals surface area contributed by atoms with Gasteiger partial charge in [0.15, 0.2) is 0 Å². The van der Waals surface area contributed by atoms with E-state index in [9.17, 15) is 4.79 Å². The molecule has 0 atom stereocenters. The van der Waals surface area contributed by atoms with Gasteiger partial charge in [-0.1, -0.05) is 29.8 Å². The Morgan fingerprint density at radius 3 is 2.14 bits per heavy atom. The van der Waals surface area contributed by atoms with Gasteiger partial charge in [0.1, 0.15) is 0 Å². The fraction of sp³-hybridized carbons (Fsp3) is 0.632. The third kappa shape index (κ3) is 2.61. The first-order valence-corrected chi connectivity index (χ1v) is 8.52. The molecular formula is C19H25NO. The zero-order valence-corrected chi connectivity index (χ0v) is 12.8. The molecule has 1 aromatic carbocycles. The van der Waals surface area contributed by atoms with Crippen molar-refractivity contribution in [2.45, 2.75) is 51.5 Å². The van der Waals surface area contributed by atoms with E-state index in [1.54, 1.807) is 0 Å². The molecule has 112 valence electrons. The normalized spacial score (nSPS) is 36.7. The summed E-state index contributed by atoms with van der Waals surface area (Å²) in [5, 5.41) is 3.39. The van der Waals surface area contributed by atoms with Crippen LogP contribution in [0.5, 0.6) is 0 Å². The second-order valence-electron chi connectivity index (χ2n) is 7.69. The van der Waals surface area contributed by atoms with E-state index in [0.29, 0.717) is 12.5 Å². The number of benzene rings is 1. The topological polar surface area (TPSA) is 29.1 Å². The molecular weight excluding hydrogens is 258 g/mol. The molecule has 0 saturated heterocycles. The average Bonchev–Trinajstić information content (AvgIpc) is 2.45. The van der Waals surface area contributed by atoms with Gasteiger partial charge in [-0.05, 0) is 68.3 Å². The van der Waals surface area contributed by atoms with Gasteiger partial charge in [-0.15, -0.1) is 0 Å². The third-order valence-electron chi connectivity index (χ3n) is 6.04. The van der Waals surface area contributed by atoms with Crippen LogP contribution in [0.15, 0.2) is 24.3 Å². The van der Waals surface area contributed by atoms with Gasteiger partial charge in [0, 0.05) is 6.04 Å². The van der Waals surface area contributed by atoms with Crippen LogP contribution in [-0.2, 0) is 11.2 Å². The van der Waals surface area contributed by atoms with Crippen molar-refractivity contribution in [2.75, 3.05) is 0 Å². The lowest BCUT2D eigenvalue weighted by Crippen LogP contribution is -2.56. The minimum Gasteiger partial charge on any atom is -0.353 e. The monoisotopic (exact) mass is 283 g/mol. The molecule has 0 radical (unpaired) electrons. The molecule has 0 aromatic heterocycles. The van der Waals surface area contributed by atoms with Crippen molar-refractivity contribution in [1.82, 2.24) is 5.32 Å². The first-order valence-electron chi connectivity index (χ1n) is 8.52. The van der Waals surface area contributed by atoms with Crippen LogP contribution < -0.4 is 5.32 Å². The summed E-state index contributed by atoms with van der Waals surface area (Å²) in [6, 6.07) is 8.80. The van der Waals surface area contributed by atoms with Gasteiger partial charge in [-0.25, -0.2) is 0 Å². The summed E-state index contributed by atoms with van der Waals surface area (Å²) in [7, 11) is 0. The highest BCUT2D eigenvalue weighted by molar-refractivity contribution is 5.79. The number of aryl methyl sites for hydroxylation is 1. The van der Waals surface area contributed by atoms with Crippen LogP contribution in [0.3, 0.4) is 0 Å². The van der Waals surface area contributed by atoms with Gasteiger partial charge in [0.25, 0.3) is 0 Å². The first-order chi connectivity index (χ1) is 10.2. The van der Waals surface area contributed by atoms with Gasteiger partial charge >= 0.3 is 0 Å². The smallest absolute Gasteiger partial charge is 0.224 e. The van der Waals surface area contributed by atoms with E-state index in [-0.39, 0.29) is 5.91 Å². The highest BCUT2D eigenvalue weighted by Crippen LogP contribution is 2.53. The standard InChI is InChI=1S/C19H25NO/c1-12-2-4-13(5-3-12)11-18(21)20-19-16-7-14-6-15(9-16)10-17(19)8-14/h2-5,14-17,19H,6-11H2,1H3,(H,20,21). The zero-order valence-electron chi connectivity index (χ0n) is 12.8. The highest BCUT2D eigenvalue weighted by atomic mass is 16.1. The fourth-order valence-corrected chi connectivity index (χ4v) is 5.29. The predicted octanol–water partition coefficient (Wildman–Crippen LogP) is 3.48. The van der Waals surface area contributed by atoms with E-state index in [1.807, 2.05) is 0 Å². The summed E-state index contributed by atoms with van der Waals surface area (Å²) in [5.41, 5.74) is 2.38. The van der Waals surface area contributed by atoms with Crippen LogP contribution in [-0.4, -0.2) is 11.9 Å². The van der Waals surface area contributed by atoms with Crippen LogP contribution in [0.25, 0.3) is 0 Å². The molecule has 4 fully saturated rings. The molecule has 0 heterocycles. The summed E-state index contributed by atoms with van der Waals surface area (Å²) < 4.78 is 0. The lowest BCUT2D eigenvalue weighted by molar-refractivity contribution is -0.124. The molecule has 4 aliphatic rings. The van der Waals surface area contributed by atoms with Gasteiger partial charge < -0.3 is 5.32 Å². The summed E-state index contributed by atoms with van der Waals surface area (Å²) in [5.74, 6) is 3.69. The summed E-state index contributed by atoms with van der Waals surface area (Å²) in [6.07, 6.45) is 7.45. The minimum absolute atomic E-state index is 0.219. The Bertz CT molecular complexity index is 505. The van der Waals surface area contributed by atoms with Crippen LogP contribution >= 0.6 is 0 Å². The molecule has 0 unspecified atom stereocenters. The molecule has 1 N–H and O–H groups in total. The van der Waals surface area contributed by atoms with E-state index < -0.39 is 0 Å². The van der Waals surface area contributed by atoms with Gasteiger partial charge in [-0.3, -0.25) is 4.79 Å². The second kappa shape index (κ2) is 5.15. The molecule has 1 amide bonds. The SMILES string of the molecule is Cc1ccc(CC(=O)NC2C3CC4CC(C3)CC2C4)cc1. The number of carbonyl (C=O) groups excluding carboxylic acids is 1. The maximum Gasteiger partial charge on any atom is 0.224 e. The summed E-state index contributed by atoms with van der Waals surface area (Å²) in [4.78, 5) is 12.4. The molecule has 4 aliphatic carbocycles. The van der Waals surface area contributed by atoms with E-state index in [1.165, 1.54) is 37.7 Å². The Kier molecular flexibility index (Phi) is 3.28. The summed E-state index contributed by atoms with van der Waals surface area (Å²) in [6.45, 7) is 2.08. The number of carbonyl (C=O) groups is 1. The van der Waals surface area contributed by atoms with Gasteiger partial charge in [0.05, 0.1) is 6.42 Å². The molecule has 4 saturated carbocycles. The molecule has 1 aromatic rings. The fourth-order valence-electron chi connectivity index (χ4n) is 5.29. The Balaban J connectivity index is 1.39. The number of nitrogens with one attached hydrogen (secondary N) is 1. The zero-order chi connectivity index (χ0) is 14.4. The second-order valence-corrected chi connectivity index (χ2v) is 7.69. The van der Waals surface area contributed by atoms with Gasteiger partial charge in [-0.2, -0.15) is 0 Å². The largest absolute Gasteiger partial charge is 0.353 e. The lowest BCUT2D eigenvalue weighted by atomic mass is 9.54. The molecule has 4 bridgehead atoms. The number of hydrogen-bond acceptors (Lipinski definition) is 1. The summed E-state index contributed by atoms with van der Waals surface area (Å²) >= 11 is 0. The maximum atomic E-state index is 12.4. The lowest BCUT2D eigenvalue weighted by Gasteiger charge is -2.54.